The van der Waals surface area contributed by atoms with Crippen LogP contribution in [0.4, 0.5) is 11.4 Å². The average Bonchev–Trinajstić information content (AvgIpc) is 2.75. The Kier molecular flexibility index (Phi) is 3.09. The zero-order valence-corrected chi connectivity index (χ0v) is 11.3. The molecule has 2 heterocycles. The third-order valence-corrected chi connectivity index (χ3v) is 4.09. The summed E-state index contributed by atoms with van der Waals surface area (Å²) in [5.41, 5.74) is 9.22. The molecule has 0 saturated heterocycles. The molecule has 0 fully saturated rings. The molecule has 0 bridgehead atoms. The van der Waals surface area contributed by atoms with Gasteiger partial charge in [-0.1, -0.05) is 11.3 Å². The number of fused-ring (bicyclic) bond motifs is 1. The van der Waals surface area contributed by atoms with Gasteiger partial charge in [0.2, 0.25) is 4.47 Å². The monoisotopic (exact) mass is 280 g/mol. The van der Waals surface area contributed by atoms with Gasteiger partial charge in [0.1, 0.15) is 5.01 Å². The van der Waals surface area contributed by atoms with Crippen molar-refractivity contribution in [1.82, 2.24) is 10.2 Å². The first-order valence-electron chi connectivity index (χ1n) is 5.83. The van der Waals surface area contributed by atoms with Crippen molar-refractivity contribution in [2.75, 3.05) is 17.2 Å². The van der Waals surface area contributed by atoms with Gasteiger partial charge in [-0.15, -0.1) is 10.2 Å². The topological polar surface area (TPSA) is 55.0 Å². The lowest BCUT2D eigenvalue weighted by Crippen LogP contribution is -2.28. The van der Waals surface area contributed by atoms with Gasteiger partial charge in [0.15, 0.2) is 0 Å². The van der Waals surface area contributed by atoms with Crippen molar-refractivity contribution in [3.63, 3.8) is 0 Å². The first-order chi connectivity index (χ1) is 8.72. The minimum atomic E-state index is 0.500. The van der Waals surface area contributed by atoms with Gasteiger partial charge in [-0.2, -0.15) is 0 Å². The molecule has 0 saturated carbocycles. The predicted molar refractivity (Wildman–Crippen MR) is 75.1 cm³/mol. The van der Waals surface area contributed by atoms with E-state index in [-0.39, 0.29) is 0 Å². The number of hydrogen-bond acceptors (Lipinski definition) is 5. The molecule has 94 valence electrons. The third-order valence-electron chi connectivity index (χ3n) is 3.09. The van der Waals surface area contributed by atoms with E-state index in [4.69, 9.17) is 17.3 Å². The number of nitrogen functional groups attached to an aromatic ring is 1. The molecule has 0 aliphatic carbocycles. The Hall–Kier alpha value is -1.33. The second-order valence-electron chi connectivity index (χ2n) is 4.36. The van der Waals surface area contributed by atoms with E-state index in [0.717, 1.165) is 36.6 Å². The summed E-state index contributed by atoms with van der Waals surface area (Å²) in [4.78, 5) is 2.31. The Morgan fingerprint density at radius 2 is 2.28 bits per heavy atom. The molecular formula is C12H13ClN4S. The van der Waals surface area contributed by atoms with Gasteiger partial charge in [0.05, 0.1) is 6.54 Å². The lowest BCUT2D eigenvalue weighted by molar-refractivity contribution is 0.686. The quantitative estimate of drug-likeness (QED) is 0.860. The van der Waals surface area contributed by atoms with Crippen molar-refractivity contribution in [3.05, 3.63) is 33.2 Å². The highest BCUT2D eigenvalue weighted by molar-refractivity contribution is 7.15. The summed E-state index contributed by atoms with van der Waals surface area (Å²) in [6.07, 6.45) is 2.23. The fourth-order valence-corrected chi connectivity index (χ4v) is 3.20. The second-order valence-corrected chi connectivity index (χ2v) is 6.01. The zero-order valence-electron chi connectivity index (χ0n) is 9.77. The summed E-state index contributed by atoms with van der Waals surface area (Å²) < 4.78 is 0.500. The molecule has 3 rings (SSSR count). The first-order valence-corrected chi connectivity index (χ1v) is 7.03. The van der Waals surface area contributed by atoms with Crippen LogP contribution in [-0.4, -0.2) is 16.7 Å². The Morgan fingerprint density at radius 3 is 3.06 bits per heavy atom. The highest BCUT2D eigenvalue weighted by Crippen LogP contribution is 2.30. The normalized spacial score (nSPS) is 14.6. The van der Waals surface area contributed by atoms with E-state index in [0.29, 0.717) is 4.47 Å². The molecule has 18 heavy (non-hydrogen) atoms. The summed E-state index contributed by atoms with van der Waals surface area (Å²) in [6, 6.07) is 6.10. The van der Waals surface area contributed by atoms with Crippen molar-refractivity contribution in [2.45, 2.75) is 19.4 Å². The largest absolute Gasteiger partial charge is 0.399 e. The van der Waals surface area contributed by atoms with Crippen LogP contribution in [0.15, 0.2) is 18.2 Å². The van der Waals surface area contributed by atoms with Crippen LogP contribution < -0.4 is 10.6 Å². The van der Waals surface area contributed by atoms with Gasteiger partial charge in [-0.3, -0.25) is 0 Å². The van der Waals surface area contributed by atoms with Gasteiger partial charge in [0.25, 0.3) is 0 Å². The summed E-state index contributed by atoms with van der Waals surface area (Å²) in [6.45, 7) is 1.80. The van der Waals surface area contributed by atoms with E-state index in [1.807, 2.05) is 6.07 Å². The molecule has 1 aliphatic rings. The van der Waals surface area contributed by atoms with E-state index in [2.05, 4.69) is 27.2 Å². The van der Waals surface area contributed by atoms with Crippen LogP contribution in [0, 0.1) is 0 Å². The maximum Gasteiger partial charge on any atom is 0.207 e. The van der Waals surface area contributed by atoms with Crippen LogP contribution >= 0.6 is 22.9 Å². The van der Waals surface area contributed by atoms with Crippen molar-refractivity contribution in [3.8, 4) is 0 Å². The molecule has 1 aliphatic heterocycles. The molecule has 2 aromatic rings. The zero-order chi connectivity index (χ0) is 12.5. The molecule has 4 nitrogen and oxygen atoms in total. The summed E-state index contributed by atoms with van der Waals surface area (Å²) in [5, 5.41) is 8.86. The molecule has 0 unspecified atom stereocenters. The van der Waals surface area contributed by atoms with E-state index in [1.165, 1.54) is 22.6 Å². The minimum absolute atomic E-state index is 0.500. The molecule has 0 spiro atoms. The van der Waals surface area contributed by atoms with Gasteiger partial charge >= 0.3 is 0 Å². The van der Waals surface area contributed by atoms with E-state index in [1.54, 1.807) is 0 Å². The lowest BCUT2D eigenvalue weighted by atomic mass is 10.0. The van der Waals surface area contributed by atoms with E-state index in [9.17, 15) is 0 Å². The Morgan fingerprint density at radius 1 is 1.39 bits per heavy atom. The number of nitrogens with two attached hydrogens (primary N) is 1. The number of aryl methyl sites for hydroxylation is 1. The van der Waals surface area contributed by atoms with Crippen LogP contribution in [0.1, 0.15) is 17.0 Å². The average molecular weight is 281 g/mol. The van der Waals surface area contributed by atoms with Crippen LogP contribution in [0.25, 0.3) is 0 Å². The molecular weight excluding hydrogens is 268 g/mol. The summed E-state index contributed by atoms with van der Waals surface area (Å²) >= 11 is 7.25. The maximum absolute atomic E-state index is 5.83. The van der Waals surface area contributed by atoms with Crippen molar-refractivity contribution < 1.29 is 0 Å². The number of nitrogens with zero attached hydrogens (tertiary/aromatic N) is 3. The summed E-state index contributed by atoms with van der Waals surface area (Å²) in [7, 11) is 0. The first kappa shape index (κ1) is 11.7. The van der Waals surface area contributed by atoms with E-state index >= 15 is 0 Å². The molecule has 0 radical (unpaired) electrons. The summed E-state index contributed by atoms with van der Waals surface area (Å²) in [5.74, 6) is 0. The predicted octanol–water partition coefficient (Wildman–Crippen LogP) is 2.73. The van der Waals surface area contributed by atoms with Crippen LogP contribution in [-0.2, 0) is 13.0 Å². The van der Waals surface area contributed by atoms with Gasteiger partial charge in [-0.05, 0) is 48.2 Å². The highest BCUT2D eigenvalue weighted by atomic mass is 35.5. The van der Waals surface area contributed by atoms with Gasteiger partial charge in [-0.25, -0.2) is 0 Å². The number of rotatable bonds is 2. The number of anilines is 2. The minimum Gasteiger partial charge on any atom is -0.399 e. The van der Waals surface area contributed by atoms with Crippen LogP contribution in [0.3, 0.4) is 0 Å². The van der Waals surface area contributed by atoms with Crippen LogP contribution in [0.5, 0.6) is 0 Å². The SMILES string of the molecule is Nc1ccc2c(c1)CCCN2Cc1nnc(Cl)s1. The van der Waals surface area contributed by atoms with Crippen molar-refractivity contribution >= 4 is 34.3 Å². The smallest absolute Gasteiger partial charge is 0.207 e. The Bertz CT molecular complexity index is 569. The molecule has 0 atom stereocenters. The van der Waals surface area contributed by atoms with Crippen LogP contribution in [0.2, 0.25) is 4.47 Å². The molecule has 6 heteroatoms. The maximum atomic E-state index is 5.83. The van der Waals surface area contributed by atoms with E-state index < -0.39 is 0 Å². The van der Waals surface area contributed by atoms with Crippen molar-refractivity contribution in [2.24, 2.45) is 0 Å². The standard InChI is InChI=1S/C12H13ClN4S/c13-12-16-15-11(18-12)7-17-5-1-2-8-6-9(14)3-4-10(8)17/h3-4,6H,1-2,5,7,14H2. The molecule has 1 aromatic carbocycles. The van der Waals surface area contributed by atoms with Gasteiger partial charge < -0.3 is 10.6 Å². The fourth-order valence-electron chi connectivity index (χ4n) is 2.32. The highest BCUT2D eigenvalue weighted by Gasteiger charge is 2.18. The fraction of sp³-hybridized carbons (Fsp3) is 0.333. The van der Waals surface area contributed by atoms with Gasteiger partial charge in [0, 0.05) is 17.9 Å². The molecule has 0 amide bonds. The third kappa shape index (κ3) is 2.28. The number of aromatic nitrogens is 2. The number of halogens is 1. The second kappa shape index (κ2) is 4.74. The molecule has 2 N–H and O–H groups in total. The molecule has 1 aromatic heterocycles. The Balaban J connectivity index is 1.87. The lowest BCUT2D eigenvalue weighted by Gasteiger charge is -2.30. The number of benzene rings is 1. The Labute approximate surface area is 114 Å². The van der Waals surface area contributed by atoms with Crippen molar-refractivity contribution in [1.29, 1.82) is 0 Å². The number of hydrogen-bond donors (Lipinski definition) is 1.